The van der Waals surface area contributed by atoms with Gasteiger partial charge in [0.1, 0.15) is 12.9 Å². The molecule has 7 heteroatoms. The summed E-state index contributed by atoms with van der Waals surface area (Å²) in [6.45, 7) is 0. The van der Waals surface area contributed by atoms with Crippen LogP contribution in [0.3, 0.4) is 0 Å². The maximum atomic E-state index is 12.1. The Morgan fingerprint density at radius 3 is 2.70 bits per heavy atom. The van der Waals surface area contributed by atoms with Crippen LogP contribution in [0.2, 0.25) is 10.0 Å². The fourth-order valence-electron chi connectivity index (χ4n) is 2.00. The van der Waals surface area contributed by atoms with Gasteiger partial charge < -0.3 is 4.84 Å². The molecule has 0 unspecified atom stereocenters. The molecule has 2 aromatic rings. The predicted molar refractivity (Wildman–Crippen MR) is 90.0 cm³/mol. The van der Waals surface area contributed by atoms with E-state index in [1.165, 1.54) is 7.11 Å². The van der Waals surface area contributed by atoms with Crippen LogP contribution in [0, 0.1) is 0 Å². The van der Waals surface area contributed by atoms with Crippen molar-refractivity contribution in [3.05, 3.63) is 58.1 Å². The van der Waals surface area contributed by atoms with Gasteiger partial charge in [-0.15, -0.1) is 0 Å². The summed E-state index contributed by atoms with van der Waals surface area (Å²) in [7, 11) is 1.46. The molecule has 0 aliphatic heterocycles. The number of hydrogen-bond donors (Lipinski definition) is 0. The third-order valence-electron chi connectivity index (χ3n) is 3.09. The normalized spacial score (nSPS) is 11.3. The molecular weight excluding hydrogens is 337 g/mol. The zero-order valence-corrected chi connectivity index (χ0v) is 14.0. The SMILES string of the molecule is CON=C(CCC(=O)Cc1cnccn1)c1ccc(Cl)c(Cl)c1. The van der Waals surface area contributed by atoms with Crippen LogP contribution in [0.1, 0.15) is 24.1 Å². The van der Waals surface area contributed by atoms with Crippen LogP contribution in [-0.4, -0.2) is 28.6 Å². The van der Waals surface area contributed by atoms with Crippen molar-refractivity contribution in [2.75, 3.05) is 7.11 Å². The number of carbonyl (C=O) groups excluding carboxylic acids is 1. The zero-order valence-electron chi connectivity index (χ0n) is 12.5. The van der Waals surface area contributed by atoms with Crippen molar-refractivity contribution in [3.8, 4) is 0 Å². The van der Waals surface area contributed by atoms with Crippen molar-refractivity contribution < 1.29 is 9.63 Å². The monoisotopic (exact) mass is 351 g/mol. The molecule has 0 aliphatic carbocycles. The number of aromatic nitrogens is 2. The van der Waals surface area contributed by atoms with Gasteiger partial charge in [-0.3, -0.25) is 14.8 Å². The minimum atomic E-state index is 0.0503. The molecule has 0 amide bonds. The maximum absolute atomic E-state index is 12.1. The second-order valence-corrected chi connectivity index (χ2v) is 5.58. The van der Waals surface area contributed by atoms with E-state index in [1.54, 1.807) is 36.8 Å². The fraction of sp³-hybridized carbons (Fsp3) is 0.250. The van der Waals surface area contributed by atoms with Crippen molar-refractivity contribution in [1.29, 1.82) is 0 Å². The van der Waals surface area contributed by atoms with Crippen LogP contribution in [0.15, 0.2) is 41.9 Å². The van der Waals surface area contributed by atoms with Crippen LogP contribution in [-0.2, 0) is 16.1 Å². The summed E-state index contributed by atoms with van der Waals surface area (Å²) in [5.74, 6) is 0.0503. The lowest BCUT2D eigenvalue weighted by molar-refractivity contribution is -0.118. The molecule has 0 fully saturated rings. The highest BCUT2D eigenvalue weighted by atomic mass is 35.5. The lowest BCUT2D eigenvalue weighted by Gasteiger charge is -2.07. The number of ketones is 1. The molecule has 2 rings (SSSR count). The average molecular weight is 352 g/mol. The Morgan fingerprint density at radius 2 is 2.04 bits per heavy atom. The fourth-order valence-corrected chi connectivity index (χ4v) is 2.30. The van der Waals surface area contributed by atoms with E-state index >= 15 is 0 Å². The topological polar surface area (TPSA) is 64.4 Å². The van der Waals surface area contributed by atoms with E-state index in [-0.39, 0.29) is 12.2 Å². The molecule has 0 radical (unpaired) electrons. The van der Waals surface area contributed by atoms with E-state index in [1.807, 2.05) is 0 Å². The highest BCUT2D eigenvalue weighted by molar-refractivity contribution is 6.42. The third-order valence-corrected chi connectivity index (χ3v) is 3.83. The third kappa shape index (κ3) is 5.30. The number of halogens is 2. The van der Waals surface area contributed by atoms with Gasteiger partial charge in [-0.2, -0.15) is 0 Å². The summed E-state index contributed by atoms with van der Waals surface area (Å²) in [5.41, 5.74) is 2.06. The van der Waals surface area contributed by atoms with Crippen LogP contribution in [0.5, 0.6) is 0 Å². The molecule has 23 heavy (non-hydrogen) atoms. The number of oxime groups is 1. The quantitative estimate of drug-likeness (QED) is 0.563. The van der Waals surface area contributed by atoms with Gasteiger partial charge >= 0.3 is 0 Å². The van der Waals surface area contributed by atoms with E-state index in [4.69, 9.17) is 28.0 Å². The highest BCUT2D eigenvalue weighted by Crippen LogP contribution is 2.23. The minimum Gasteiger partial charge on any atom is -0.399 e. The molecule has 5 nitrogen and oxygen atoms in total. The second-order valence-electron chi connectivity index (χ2n) is 4.76. The first-order chi connectivity index (χ1) is 11.1. The summed E-state index contributed by atoms with van der Waals surface area (Å²) in [4.78, 5) is 25.0. The van der Waals surface area contributed by atoms with Crippen molar-refractivity contribution >= 4 is 34.7 Å². The van der Waals surface area contributed by atoms with Gasteiger partial charge in [0.15, 0.2) is 0 Å². The van der Waals surface area contributed by atoms with Crippen LogP contribution in [0.4, 0.5) is 0 Å². The molecule has 0 aliphatic rings. The lowest BCUT2D eigenvalue weighted by atomic mass is 10.0. The Hall–Kier alpha value is -1.98. The molecule has 0 saturated carbocycles. The number of rotatable bonds is 7. The zero-order chi connectivity index (χ0) is 16.7. The van der Waals surface area contributed by atoms with Crippen LogP contribution in [0.25, 0.3) is 0 Å². The number of Topliss-reactive ketones (excluding diaryl/α,β-unsaturated/α-hetero) is 1. The Labute approximate surface area is 144 Å². The Morgan fingerprint density at radius 1 is 1.22 bits per heavy atom. The summed E-state index contributed by atoms with van der Waals surface area (Å²) in [5, 5.41) is 4.87. The number of nitrogens with zero attached hydrogens (tertiary/aromatic N) is 3. The largest absolute Gasteiger partial charge is 0.399 e. The van der Waals surface area contributed by atoms with Crippen LogP contribution >= 0.6 is 23.2 Å². The molecule has 120 valence electrons. The maximum Gasteiger partial charge on any atom is 0.139 e. The summed E-state index contributed by atoms with van der Waals surface area (Å²) in [6.07, 6.45) is 5.72. The smallest absolute Gasteiger partial charge is 0.139 e. The van der Waals surface area contributed by atoms with Crippen molar-refractivity contribution in [2.45, 2.75) is 19.3 Å². The van der Waals surface area contributed by atoms with Gasteiger partial charge in [-0.05, 0) is 12.1 Å². The van der Waals surface area contributed by atoms with E-state index < -0.39 is 0 Å². The number of benzene rings is 1. The first kappa shape index (κ1) is 17.4. The van der Waals surface area contributed by atoms with Gasteiger partial charge in [-0.25, -0.2) is 0 Å². The molecule has 0 spiro atoms. The first-order valence-corrected chi connectivity index (χ1v) is 7.67. The van der Waals surface area contributed by atoms with Crippen LogP contribution < -0.4 is 0 Å². The Bertz CT molecular complexity index is 706. The number of hydrogen-bond acceptors (Lipinski definition) is 5. The van der Waals surface area contributed by atoms with E-state index in [0.717, 1.165) is 5.56 Å². The van der Waals surface area contributed by atoms with Gasteiger partial charge in [0.2, 0.25) is 0 Å². The standard InChI is InChI=1S/C16H15Cl2N3O2/c1-23-21-16(11-2-4-14(17)15(18)8-11)5-3-13(22)9-12-10-19-6-7-20-12/h2,4,6-8,10H,3,5,9H2,1H3. The summed E-state index contributed by atoms with van der Waals surface area (Å²) >= 11 is 11.9. The Kier molecular flexibility index (Phi) is 6.50. The summed E-state index contributed by atoms with van der Waals surface area (Å²) < 4.78 is 0. The average Bonchev–Trinajstić information content (AvgIpc) is 2.55. The molecule has 0 saturated heterocycles. The molecule has 0 bridgehead atoms. The molecule has 1 aromatic carbocycles. The lowest BCUT2D eigenvalue weighted by Crippen LogP contribution is -2.09. The number of carbonyl (C=O) groups is 1. The van der Waals surface area contributed by atoms with Gasteiger partial charge in [0.05, 0.1) is 27.9 Å². The molecule has 1 aromatic heterocycles. The summed E-state index contributed by atoms with van der Waals surface area (Å²) in [6, 6.07) is 5.18. The van der Waals surface area contributed by atoms with E-state index in [2.05, 4.69) is 15.1 Å². The van der Waals surface area contributed by atoms with E-state index in [0.29, 0.717) is 34.3 Å². The second kappa shape index (κ2) is 8.60. The van der Waals surface area contributed by atoms with Gasteiger partial charge in [0, 0.05) is 37.0 Å². The van der Waals surface area contributed by atoms with Gasteiger partial charge in [-0.1, -0.05) is 34.4 Å². The molecule has 1 heterocycles. The molecule has 0 atom stereocenters. The minimum absolute atomic E-state index is 0.0503. The van der Waals surface area contributed by atoms with Crippen molar-refractivity contribution in [3.63, 3.8) is 0 Å². The Balaban J connectivity index is 2.01. The highest BCUT2D eigenvalue weighted by Gasteiger charge is 2.11. The van der Waals surface area contributed by atoms with Crippen molar-refractivity contribution in [1.82, 2.24) is 9.97 Å². The first-order valence-electron chi connectivity index (χ1n) is 6.92. The predicted octanol–water partition coefficient (Wildman–Crippen LogP) is 3.73. The van der Waals surface area contributed by atoms with Crippen molar-refractivity contribution in [2.24, 2.45) is 5.16 Å². The van der Waals surface area contributed by atoms with E-state index in [9.17, 15) is 4.79 Å². The molecular formula is C16H15Cl2N3O2. The van der Waals surface area contributed by atoms with Gasteiger partial charge in [0.25, 0.3) is 0 Å². The molecule has 0 N–H and O–H groups in total.